The molecule has 2 rings (SSSR count). The minimum atomic E-state index is 0.120. The molecule has 1 amide bonds. The summed E-state index contributed by atoms with van der Waals surface area (Å²) in [5.41, 5.74) is 0.504. The first-order valence-corrected chi connectivity index (χ1v) is 9.31. The molecule has 0 radical (unpaired) electrons. The summed E-state index contributed by atoms with van der Waals surface area (Å²) in [5, 5.41) is 6.62. The average Bonchev–Trinajstić information content (AvgIpc) is 2.44. The standard InChI is InChI=1S/C19H36N2O2/c1-15-9-16(12-18(2,3)11-15)10-17(22)21-13-19(14-23-4)5-7-20-8-6-19/h15-16,20H,5-14H2,1-4H3,(H,21,22). The first kappa shape index (κ1) is 18.7. The lowest BCUT2D eigenvalue weighted by molar-refractivity contribution is -0.123. The van der Waals surface area contributed by atoms with Crippen LogP contribution in [0, 0.1) is 22.7 Å². The maximum atomic E-state index is 12.5. The van der Waals surface area contributed by atoms with Gasteiger partial charge in [0.2, 0.25) is 5.91 Å². The zero-order chi connectivity index (χ0) is 16.9. The molecule has 0 bridgehead atoms. The van der Waals surface area contributed by atoms with E-state index in [1.807, 2.05) is 0 Å². The third kappa shape index (κ3) is 5.75. The monoisotopic (exact) mass is 324 g/mol. The van der Waals surface area contributed by atoms with Crippen molar-refractivity contribution in [2.24, 2.45) is 22.7 Å². The highest BCUT2D eigenvalue weighted by molar-refractivity contribution is 5.76. The first-order valence-electron chi connectivity index (χ1n) is 9.31. The average molecular weight is 325 g/mol. The van der Waals surface area contributed by atoms with E-state index in [9.17, 15) is 4.79 Å². The van der Waals surface area contributed by atoms with E-state index in [2.05, 4.69) is 31.4 Å². The third-order valence-corrected chi connectivity index (χ3v) is 5.73. The Bertz CT molecular complexity index is 383. The number of hydrogen-bond acceptors (Lipinski definition) is 3. The van der Waals surface area contributed by atoms with Gasteiger partial charge in [0.05, 0.1) is 6.61 Å². The zero-order valence-corrected chi connectivity index (χ0v) is 15.5. The van der Waals surface area contributed by atoms with Gasteiger partial charge in [0.25, 0.3) is 0 Å². The van der Waals surface area contributed by atoms with Crippen molar-refractivity contribution in [3.8, 4) is 0 Å². The van der Waals surface area contributed by atoms with Gasteiger partial charge in [-0.2, -0.15) is 0 Å². The normalized spacial score (nSPS) is 29.9. The Kier molecular flexibility index (Phi) is 6.49. The Morgan fingerprint density at radius 1 is 1.26 bits per heavy atom. The molecule has 2 atom stereocenters. The van der Waals surface area contributed by atoms with Gasteiger partial charge in [-0.1, -0.05) is 20.8 Å². The van der Waals surface area contributed by atoms with Gasteiger partial charge in [-0.05, 0) is 62.4 Å². The van der Waals surface area contributed by atoms with Crippen LogP contribution < -0.4 is 10.6 Å². The van der Waals surface area contributed by atoms with E-state index >= 15 is 0 Å². The number of rotatable bonds is 6. The molecule has 134 valence electrons. The Morgan fingerprint density at radius 3 is 2.57 bits per heavy atom. The SMILES string of the molecule is COCC1(CNC(=O)CC2CC(C)CC(C)(C)C2)CCNCC1. The van der Waals surface area contributed by atoms with Gasteiger partial charge in [0.15, 0.2) is 0 Å². The second-order valence-corrected chi connectivity index (χ2v) is 8.94. The smallest absolute Gasteiger partial charge is 0.220 e. The van der Waals surface area contributed by atoms with Crippen LogP contribution in [0.2, 0.25) is 0 Å². The fraction of sp³-hybridized carbons (Fsp3) is 0.947. The van der Waals surface area contributed by atoms with Crippen LogP contribution in [0.3, 0.4) is 0 Å². The second kappa shape index (κ2) is 7.98. The number of ether oxygens (including phenoxy) is 1. The summed E-state index contributed by atoms with van der Waals surface area (Å²) < 4.78 is 5.43. The Balaban J connectivity index is 1.81. The maximum absolute atomic E-state index is 12.5. The van der Waals surface area contributed by atoms with Crippen molar-refractivity contribution in [1.82, 2.24) is 10.6 Å². The van der Waals surface area contributed by atoms with E-state index in [0.29, 0.717) is 17.8 Å². The van der Waals surface area contributed by atoms with Gasteiger partial charge < -0.3 is 15.4 Å². The van der Waals surface area contributed by atoms with Crippen molar-refractivity contribution in [1.29, 1.82) is 0 Å². The van der Waals surface area contributed by atoms with Gasteiger partial charge in [0, 0.05) is 25.5 Å². The van der Waals surface area contributed by atoms with E-state index in [1.165, 1.54) is 19.3 Å². The van der Waals surface area contributed by atoms with Gasteiger partial charge in [-0.25, -0.2) is 0 Å². The number of nitrogens with one attached hydrogen (secondary N) is 2. The number of methoxy groups -OCH3 is 1. The Labute approximate surface area is 142 Å². The first-order chi connectivity index (χ1) is 10.8. The lowest BCUT2D eigenvalue weighted by Gasteiger charge is -2.39. The molecule has 2 N–H and O–H groups in total. The van der Waals surface area contributed by atoms with Crippen LogP contribution >= 0.6 is 0 Å². The van der Waals surface area contributed by atoms with Crippen LogP contribution in [0.1, 0.15) is 59.3 Å². The van der Waals surface area contributed by atoms with Gasteiger partial charge in [0.1, 0.15) is 0 Å². The predicted octanol–water partition coefficient (Wildman–Crippen LogP) is 2.97. The van der Waals surface area contributed by atoms with Crippen LogP contribution in [0.4, 0.5) is 0 Å². The zero-order valence-electron chi connectivity index (χ0n) is 15.5. The summed E-state index contributed by atoms with van der Waals surface area (Å²) in [6, 6.07) is 0. The van der Waals surface area contributed by atoms with Crippen LogP contribution in [0.15, 0.2) is 0 Å². The highest BCUT2D eigenvalue weighted by Crippen LogP contribution is 2.42. The summed E-state index contributed by atoms with van der Waals surface area (Å²) in [5.74, 6) is 1.51. The van der Waals surface area contributed by atoms with Gasteiger partial charge in [-0.15, -0.1) is 0 Å². The quantitative estimate of drug-likeness (QED) is 0.790. The van der Waals surface area contributed by atoms with E-state index in [1.54, 1.807) is 7.11 Å². The molecular weight excluding hydrogens is 288 g/mol. The number of carbonyl (C=O) groups is 1. The minimum Gasteiger partial charge on any atom is -0.384 e. The number of carbonyl (C=O) groups excluding carboxylic acids is 1. The summed E-state index contributed by atoms with van der Waals surface area (Å²) in [6.45, 7) is 10.6. The molecular formula is C19H36N2O2. The molecule has 2 unspecified atom stereocenters. The molecule has 1 saturated heterocycles. The number of piperidine rings is 1. The number of amides is 1. The molecule has 1 saturated carbocycles. The van der Waals surface area contributed by atoms with E-state index in [4.69, 9.17) is 4.74 Å². The van der Waals surface area contributed by atoms with Gasteiger partial charge >= 0.3 is 0 Å². The lowest BCUT2D eigenvalue weighted by atomic mass is 9.67. The summed E-state index contributed by atoms with van der Waals surface area (Å²) in [4.78, 5) is 12.5. The minimum absolute atomic E-state index is 0.120. The maximum Gasteiger partial charge on any atom is 0.220 e. The van der Waals surface area contributed by atoms with Crippen molar-refractivity contribution in [3.63, 3.8) is 0 Å². The van der Waals surface area contributed by atoms with Crippen LogP contribution in [-0.4, -0.2) is 39.3 Å². The van der Waals surface area contributed by atoms with Crippen molar-refractivity contribution >= 4 is 5.91 Å². The van der Waals surface area contributed by atoms with Crippen molar-refractivity contribution in [2.45, 2.75) is 59.3 Å². The van der Waals surface area contributed by atoms with Gasteiger partial charge in [-0.3, -0.25) is 4.79 Å². The summed E-state index contributed by atoms with van der Waals surface area (Å²) >= 11 is 0. The second-order valence-electron chi connectivity index (χ2n) is 8.94. The van der Waals surface area contributed by atoms with Crippen LogP contribution in [0.5, 0.6) is 0 Å². The largest absolute Gasteiger partial charge is 0.384 e. The van der Waals surface area contributed by atoms with Crippen molar-refractivity contribution in [2.75, 3.05) is 33.4 Å². The highest BCUT2D eigenvalue weighted by atomic mass is 16.5. The Morgan fingerprint density at radius 2 is 1.96 bits per heavy atom. The fourth-order valence-electron chi connectivity index (χ4n) is 4.96. The Hall–Kier alpha value is -0.610. The molecule has 1 aliphatic heterocycles. The predicted molar refractivity (Wildman–Crippen MR) is 94.3 cm³/mol. The molecule has 23 heavy (non-hydrogen) atoms. The highest BCUT2D eigenvalue weighted by Gasteiger charge is 2.35. The molecule has 4 nitrogen and oxygen atoms in total. The molecule has 1 heterocycles. The molecule has 2 fully saturated rings. The molecule has 0 aromatic rings. The topological polar surface area (TPSA) is 50.4 Å². The van der Waals surface area contributed by atoms with Crippen molar-refractivity contribution in [3.05, 3.63) is 0 Å². The lowest BCUT2D eigenvalue weighted by Crippen LogP contribution is -2.47. The molecule has 0 aromatic heterocycles. The summed E-state index contributed by atoms with van der Waals surface area (Å²) in [7, 11) is 1.76. The van der Waals surface area contributed by atoms with E-state index in [0.717, 1.165) is 45.0 Å². The fourth-order valence-corrected chi connectivity index (χ4v) is 4.96. The van der Waals surface area contributed by atoms with Crippen molar-refractivity contribution < 1.29 is 9.53 Å². The molecule has 1 aliphatic carbocycles. The molecule has 4 heteroatoms. The molecule has 2 aliphatic rings. The third-order valence-electron chi connectivity index (χ3n) is 5.73. The molecule has 0 aromatic carbocycles. The summed E-state index contributed by atoms with van der Waals surface area (Å²) in [6.07, 6.45) is 6.51. The van der Waals surface area contributed by atoms with E-state index < -0.39 is 0 Å². The van der Waals surface area contributed by atoms with Crippen LogP contribution in [-0.2, 0) is 9.53 Å². The van der Waals surface area contributed by atoms with Crippen LogP contribution in [0.25, 0.3) is 0 Å². The van der Waals surface area contributed by atoms with E-state index in [-0.39, 0.29) is 11.3 Å². The number of hydrogen-bond donors (Lipinski definition) is 2. The molecule has 0 spiro atoms.